The summed E-state index contributed by atoms with van der Waals surface area (Å²) in [7, 11) is 3.53. The van der Waals surface area contributed by atoms with Crippen LogP contribution in [0.2, 0.25) is 0 Å². The van der Waals surface area contributed by atoms with Crippen molar-refractivity contribution >= 4 is 40.9 Å². The second-order valence-electron chi connectivity index (χ2n) is 10.5. The summed E-state index contributed by atoms with van der Waals surface area (Å²) < 4.78 is 5.97. The van der Waals surface area contributed by atoms with Gasteiger partial charge in [0.1, 0.15) is 12.6 Å². The van der Waals surface area contributed by atoms with Gasteiger partial charge in [0.15, 0.2) is 18.0 Å². The number of ether oxygens (including phenoxy) is 1. The Morgan fingerprint density at radius 2 is 1.62 bits per heavy atom. The minimum absolute atomic E-state index is 0.0317. The first-order valence-electron chi connectivity index (χ1n) is 14.0. The van der Waals surface area contributed by atoms with E-state index in [2.05, 4.69) is 10.6 Å². The fraction of sp³-hybridized carbons (Fsp3) is 0.312. The summed E-state index contributed by atoms with van der Waals surface area (Å²) in [5, 5.41) is 14.4. The maximum Gasteiger partial charge on any atom is 0.338 e. The van der Waals surface area contributed by atoms with Crippen LogP contribution in [0.25, 0.3) is 0 Å². The standard InChI is InChI=1S/C32H36N4O6/c1-35(25-14-5-3-6-15-25)29(37)22-42-28-19-10-9-18-27(28)36(2,26-16-7-4-8-17-26)30(38)21-33-32(41)34-24-13-11-12-23(20-24)31(39)40/h3,5-6,9-15,18-20,26H,4,7-8,16-17,21-22H2,1-2H3,(H2-,33,34,39,40,41)/p+1. The van der Waals surface area contributed by atoms with E-state index in [1.807, 2.05) is 49.5 Å². The molecule has 1 aliphatic carbocycles. The molecule has 1 fully saturated rings. The number of carboxylic acids is 1. The van der Waals surface area contributed by atoms with Crippen molar-refractivity contribution in [3.8, 4) is 5.75 Å². The van der Waals surface area contributed by atoms with Crippen LogP contribution >= 0.6 is 0 Å². The molecule has 0 spiro atoms. The lowest BCUT2D eigenvalue weighted by Gasteiger charge is -2.41. The van der Waals surface area contributed by atoms with E-state index in [4.69, 9.17) is 4.74 Å². The minimum atomic E-state index is -1.11. The van der Waals surface area contributed by atoms with Crippen molar-refractivity contribution in [2.45, 2.75) is 38.1 Å². The van der Waals surface area contributed by atoms with E-state index >= 15 is 0 Å². The Hall–Kier alpha value is -4.70. The molecule has 0 heterocycles. The van der Waals surface area contributed by atoms with Gasteiger partial charge >= 0.3 is 17.9 Å². The molecule has 3 aromatic rings. The Bertz CT molecular complexity index is 1420. The van der Waals surface area contributed by atoms with Gasteiger partial charge < -0.3 is 25.4 Å². The number of quaternary nitrogens is 1. The molecule has 0 bridgehead atoms. The summed E-state index contributed by atoms with van der Waals surface area (Å²) in [6, 6.07) is 21.7. The number of para-hydroxylation sites is 3. The van der Waals surface area contributed by atoms with E-state index < -0.39 is 12.0 Å². The first-order valence-corrected chi connectivity index (χ1v) is 14.0. The largest absolute Gasteiger partial charge is 0.478 e. The summed E-state index contributed by atoms with van der Waals surface area (Å²) in [4.78, 5) is 52.4. The number of hydrogen-bond acceptors (Lipinski definition) is 5. The van der Waals surface area contributed by atoms with Gasteiger partial charge in [0, 0.05) is 37.3 Å². The van der Waals surface area contributed by atoms with Crippen molar-refractivity contribution in [3.63, 3.8) is 0 Å². The van der Waals surface area contributed by atoms with Gasteiger partial charge in [0.05, 0.1) is 12.6 Å². The lowest BCUT2D eigenvalue weighted by Crippen LogP contribution is -2.61. The summed E-state index contributed by atoms with van der Waals surface area (Å²) >= 11 is 0. The molecule has 0 radical (unpaired) electrons. The fourth-order valence-corrected chi connectivity index (χ4v) is 5.35. The Morgan fingerprint density at radius 3 is 2.33 bits per heavy atom. The van der Waals surface area contributed by atoms with Crippen molar-refractivity contribution in [2.24, 2.45) is 0 Å². The average molecular weight is 574 g/mol. The predicted octanol–water partition coefficient (Wildman–Crippen LogP) is 5.04. The molecule has 4 rings (SSSR count). The number of rotatable bonds is 10. The highest BCUT2D eigenvalue weighted by Gasteiger charge is 2.44. The first-order chi connectivity index (χ1) is 20.2. The number of likely N-dealkylation sites (N-methyl/N-ethyl adjacent to an activating group) is 2. The molecule has 0 aromatic heterocycles. The smallest absolute Gasteiger partial charge is 0.338 e. The number of benzene rings is 3. The van der Waals surface area contributed by atoms with Crippen LogP contribution in [0.4, 0.5) is 21.9 Å². The molecule has 0 saturated heterocycles. The topological polar surface area (TPSA) is 125 Å². The van der Waals surface area contributed by atoms with Crippen LogP contribution in [0.1, 0.15) is 42.5 Å². The lowest BCUT2D eigenvalue weighted by atomic mass is 9.91. The number of nitrogens with zero attached hydrogens (tertiary/aromatic N) is 2. The average Bonchev–Trinajstić information content (AvgIpc) is 3.02. The quantitative estimate of drug-likeness (QED) is 0.292. The van der Waals surface area contributed by atoms with Crippen molar-refractivity contribution in [1.82, 2.24) is 9.80 Å². The number of amides is 4. The normalized spacial score (nSPS) is 14.7. The first kappa shape index (κ1) is 30.3. The van der Waals surface area contributed by atoms with Crippen LogP contribution in [0.3, 0.4) is 0 Å². The van der Waals surface area contributed by atoms with Gasteiger partial charge in [-0.15, -0.1) is 0 Å². The number of carbonyl (C=O) groups excluding carboxylic acids is 3. The molecule has 1 atom stereocenters. The van der Waals surface area contributed by atoms with Crippen molar-refractivity contribution in [2.75, 3.05) is 37.5 Å². The molecule has 1 saturated carbocycles. The number of urea groups is 1. The summed E-state index contributed by atoms with van der Waals surface area (Å²) in [5.74, 6) is -1.15. The molecule has 10 heteroatoms. The van der Waals surface area contributed by atoms with Gasteiger partial charge in [-0.2, -0.15) is 0 Å². The van der Waals surface area contributed by atoms with E-state index in [1.54, 1.807) is 25.2 Å². The van der Waals surface area contributed by atoms with Crippen LogP contribution in [0, 0.1) is 0 Å². The highest BCUT2D eigenvalue weighted by atomic mass is 16.5. The van der Waals surface area contributed by atoms with Crippen LogP contribution in [-0.4, -0.2) is 62.2 Å². The molecule has 10 nitrogen and oxygen atoms in total. The molecule has 1 unspecified atom stereocenters. The summed E-state index contributed by atoms with van der Waals surface area (Å²) in [5.41, 5.74) is 1.71. The lowest BCUT2D eigenvalue weighted by molar-refractivity contribution is -0.130. The molecule has 220 valence electrons. The van der Waals surface area contributed by atoms with Gasteiger partial charge in [-0.3, -0.25) is 4.79 Å². The Kier molecular flexibility index (Phi) is 9.93. The third-order valence-corrected chi connectivity index (χ3v) is 7.83. The molecular formula is C32H37N4O6+. The second kappa shape index (κ2) is 13.8. The van der Waals surface area contributed by atoms with Crippen LogP contribution in [0.15, 0.2) is 78.9 Å². The van der Waals surface area contributed by atoms with E-state index in [9.17, 15) is 24.3 Å². The number of hydrogen-bond donors (Lipinski definition) is 3. The summed E-state index contributed by atoms with van der Waals surface area (Å²) in [6.45, 7) is -0.473. The molecule has 4 amide bonds. The van der Waals surface area contributed by atoms with Crippen molar-refractivity contribution in [3.05, 3.63) is 84.4 Å². The zero-order valence-corrected chi connectivity index (χ0v) is 23.9. The third kappa shape index (κ3) is 7.13. The predicted molar refractivity (Wildman–Crippen MR) is 162 cm³/mol. The van der Waals surface area contributed by atoms with Crippen molar-refractivity contribution in [1.29, 1.82) is 0 Å². The van der Waals surface area contributed by atoms with Gasteiger partial charge in [0.25, 0.3) is 5.91 Å². The van der Waals surface area contributed by atoms with E-state index in [0.717, 1.165) is 37.8 Å². The number of carboxylic acid groups (broad SMARTS) is 1. The van der Waals surface area contributed by atoms with Gasteiger partial charge in [0.2, 0.25) is 0 Å². The number of anilines is 2. The van der Waals surface area contributed by atoms with E-state index in [1.165, 1.54) is 23.1 Å². The SMILES string of the molecule is CN(C(=O)COc1ccccc1[N+](C)(C(=O)CNC(=O)Nc1cccc(C(=O)O)c1)C1CCCCC1)c1ccccc1. The van der Waals surface area contributed by atoms with Crippen LogP contribution in [0.5, 0.6) is 5.75 Å². The van der Waals surface area contributed by atoms with Gasteiger partial charge in [-0.05, 0) is 49.2 Å². The Morgan fingerprint density at radius 1 is 0.929 bits per heavy atom. The molecule has 0 aliphatic heterocycles. The maximum atomic E-state index is 14.0. The Balaban J connectivity index is 1.51. The third-order valence-electron chi connectivity index (χ3n) is 7.83. The molecule has 1 aliphatic rings. The Labute approximate surface area is 245 Å². The molecule has 42 heavy (non-hydrogen) atoms. The van der Waals surface area contributed by atoms with Crippen molar-refractivity contribution < 1.29 is 29.0 Å². The minimum Gasteiger partial charge on any atom is -0.478 e. The number of carbonyl (C=O) groups is 4. The van der Waals surface area contributed by atoms with Gasteiger partial charge in [-0.1, -0.05) is 42.8 Å². The summed E-state index contributed by atoms with van der Waals surface area (Å²) in [6.07, 6.45) is 4.74. The molecule has 3 N–H and O–H groups in total. The highest BCUT2D eigenvalue weighted by molar-refractivity contribution is 5.98. The van der Waals surface area contributed by atoms with E-state index in [-0.39, 0.29) is 41.1 Å². The van der Waals surface area contributed by atoms with Crippen LogP contribution in [-0.2, 0) is 9.59 Å². The number of nitrogens with one attached hydrogen (secondary N) is 2. The zero-order chi connectivity index (χ0) is 30.1. The van der Waals surface area contributed by atoms with Gasteiger partial charge in [-0.25, -0.2) is 18.9 Å². The number of aromatic carboxylic acids is 1. The van der Waals surface area contributed by atoms with Crippen LogP contribution < -0.4 is 24.8 Å². The second-order valence-corrected chi connectivity index (χ2v) is 10.5. The molecule has 3 aromatic carbocycles. The zero-order valence-electron chi connectivity index (χ0n) is 23.9. The fourth-order valence-electron chi connectivity index (χ4n) is 5.35. The maximum absolute atomic E-state index is 14.0. The molecular weight excluding hydrogens is 536 g/mol. The van der Waals surface area contributed by atoms with E-state index in [0.29, 0.717) is 17.1 Å². The highest BCUT2D eigenvalue weighted by Crippen LogP contribution is 2.39. The monoisotopic (exact) mass is 573 g/mol.